The second-order valence-electron chi connectivity index (χ2n) is 8.66. The Labute approximate surface area is 218 Å². The van der Waals surface area contributed by atoms with Crippen LogP contribution in [0.4, 0.5) is 5.69 Å². The Balaban J connectivity index is 1.29. The van der Waals surface area contributed by atoms with Gasteiger partial charge in [0.1, 0.15) is 4.90 Å². The van der Waals surface area contributed by atoms with Gasteiger partial charge in [0.15, 0.2) is 22.4 Å². The van der Waals surface area contributed by atoms with Gasteiger partial charge in [-0.25, -0.2) is 18.4 Å². The molecule has 186 valence electrons. The highest BCUT2D eigenvalue weighted by Crippen LogP contribution is 2.43. The van der Waals surface area contributed by atoms with E-state index in [9.17, 15) is 13.2 Å². The number of carbonyl (C=O) groups is 1. The van der Waals surface area contributed by atoms with Crippen molar-refractivity contribution in [3.8, 4) is 22.8 Å². The summed E-state index contributed by atoms with van der Waals surface area (Å²) in [5, 5.41) is 0.324. The van der Waals surface area contributed by atoms with Gasteiger partial charge in [-0.05, 0) is 36.8 Å². The van der Waals surface area contributed by atoms with E-state index in [2.05, 4.69) is 9.97 Å². The number of Topliss-reactive ketones (excluding diaryl/α,β-unsaturated/α-hetero) is 1. The fourth-order valence-electron chi connectivity index (χ4n) is 4.38. The Morgan fingerprint density at radius 3 is 2.73 bits per heavy atom. The lowest BCUT2D eigenvalue weighted by Crippen LogP contribution is -2.34. The van der Waals surface area contributed by atoms with Gasteiger partial charge in [0.25, 0.3) is 10.0 Å². The average molecular weight is 532 g/mol. The number of anilines is 1. The molecule has 6 rings (SSSR count). The molecule has 0 N–H and O–H groups in total. The predicted octanol–water partition coefficient (Wildman–Crippen LogP) is 4.86. The van der Waals surface area contributed by atoms with Gasteiger partial charge >= 0.3 is 0 Å². The van der Waals surface area contributed by atoms with Crippen molar-refractivity contribution in [3.05, 3.63) is 89.6 Å². The number of rotatable bonds is 6. The monoisotopic (exact) mass is 531 g/mol. The zero-order valence-corrected chi connectivity index (χ0v) is 21.4. The Morgan fingerprint density at radius 2 is 1.86 bits per heavy atom. The molecule has 0 saturated carbocycles. The number of aryl methyl sites for hydroxylation is 1. The van der Waals surface area contributed by atoms with Crippen molar-refractivity contribution < 1.29 is 22.7 Å². The van der Waals surface area contributed by atoms with Crippen molar-refractivity contribution in [2.45, 2.75) is 23.5 Å². The number of ether oxygens (including phenoxy) is 2. The van der Waals surface area contributed by atoms with Crippen LogP contribution in [-0.4, -0.2) is 36.7 Å². The third kappa shape index (κ3) is 4.32. The molecule has 0 saturated heterocycles. The Morgan fingerprint density at radius 1 is 1.03 bits per heavy atom. The molecule has 0 aliphatic carbocycles. The second kappa shape index (κ2) is 9.20. The molecule has 0 radical (unpaired) electrons. The number of benzene rings is 3. The highest BCUT2D eigenvalue weighted by Gasteiger charge is 2.36. The smallest absolute Gasteiger partial charge is 0.268 e. The van der Waals surface area contributed by atoms with Crippen LogP contribution < -0.4 is 13.8 Å². The zero-order valence-electron chi connectivity index (χ0n) is 19.7. The molecule has 0 bridgehead atoms. The molecule has 3 heterocycles. The van der Waals surface area contributed by atoms with Crippen LogP contribution in [0.15, 0.2) is 83.0 Å². The van der Waals surface area contributed by atoms with Crippen molar-refractivity contribution in [1.82, 2.24) is 9.97 Å². The summed E-state index contributed by atoms with van der Waals surface area (Å²) >= 11 is 1.16. The van der Waals surface area contributed by atoms with Gasteiger partial charge in [-0.3, -0.25) is 9.10 Å². The first-order valence-corrected chi connectivity index (χ1v) is 13.9. The van der Waals surface area contributed by atoms with Gasteiger partial charge < -0.3 is 9.47 Å². The van der Waals surface area contributed by atoms with Gasteiger partial charge in [-0.2, -0.15) is 0 Å². The van der Waals surface area contributed by atoms with Gasteiger partial charge in [0.2, 0.25) is 6.79 Å². The molecule has 3 aromatic carbocycles. The number of aromatic nitrogens is 2. The highest BCUT2D eigenvalue weighted by molar-refractivity contribution is 7.99. The summed E-state index contributed by atoms with van der Waals surface area (Å²) in [6.45, 7) is 2.31. The fraction of sp³-hybridized carbons (Fsp3) is 0.148. The first-order valence-electron chi connectivity index (χ1n) is 11.5. The van der Waals surface area contributed by atoms with Crippen molar-refractivity contribution in [1.29, 1.82) is 0 Å². The van der Waals surface area contributed by atoms with E-state index in [4.69, 9.17) is 9.47 Å². The Hall–Kier alpha value is -3.89. The van der Waals surface area contributed by atoms with Gasteiger partial charge in [-0.1, -0.05) is 59.8 Å². The van der Waals surface area contributed by atoms with E-state index in [-0.39, 0.29) is 29.8 Å². The number of sulfonamides is 1. The van der Waals surface area contributed by atoms with Crippen LogP contribution >= 0.6 is 11.8 Å². The summed E-state index contributed by atoms with van der Waals surface area (Å²) in [5.74, 6) is 1.12. The van der Waals surface area contributed by atoms with E-state index in [1.165, 1.54) is 10.5 Å². The average Bonchev–Trinajstić information content (AvgIpc) is 3.38. The number of fused-ring (bicyclic) bond motifs is 4. The Kier molecular flexibility index (Phi) is 5.85. The summed E-state index contributed by atoms with van der Waals surface area (Å²) in [5.41, 5.74) is 4.03. The predicted molar refractivity (Wildman–Crippen MR) is 140 cm³/mol. The van der Waals surface area contributed by atoms with E-state index >= 15 is 0 Å². The highest BCUT2D eigenvalue weighted by atomic mass is 32.2. The largest absolute Gasteiger partial charge is 0.454 e. The molecule has 1 aromatic heterocycles. The quantitative estimate of drug-likeness (QED) is 0.198. The first-order chi connectivity index (χ1) is 17.9. The molecule has 0 unspecified atom stereocenters. The lowest BCUT2D eigenvalue weighted by Gasteiger charge is -2.31. The lowest BCUT2D eigenvalue weighted by molar-refractivity contribution is 0.102. The third-order valence-electron chi connectivity index (χ3n) is 6.16. The maximum Gasteiger partial charge on any atom is 0.268 e. The number of ketones is 1. The maximum atomic E-state index is 13.7. The number of para-hydroxylation sites is 1. The molecule has 8 nitrogen and oxygen atoms in total. The summed E-state index contributed by atoms with van der Waals surface area (Å²) < 4.78 is 39.4. The normalized spacial score (nSPS) is 14.7. The molecule has 37 heavy (non-hydrogen) atoms. The second-order valence-corrected chi connectivity index (χ2v) is 11.4. The minimum absolute atomic E-state index is 0.0466. The van der Waals surface area contributed by atoms with Crippen LogP contribution in [0.1, 0.15) is 21.5 Å². The van der Waals surface area contributed by atoms with Gasteiger partial charge in [0, 0.05) is 11.1 Å². The number of carbonyl (C=O) groups excluding carboxylic acids is 1. The molecule has 0 amide bonds. The van der Waals surface area contributed by atoms with Gasteiger partial charge in [0.05, 0.1) is 29.9 Å². The summed E-state index contributed by atoms with van der Waals surface area (Å²) in [6, 6.07) is 20.1. The van der Waals surface area contributed by atoms with E-state index in [0.29, 0.717) is 39.2 Å². The third-order valence-corrected chi connectivity index (χ3v) is 8.79. The Bertz CT molecular complexity index is 1660. The van der Waals surface area contributed by atoms with Crippen LogP contribution in [-0.2, 0) is 16.6 Å². The van der Waals surface area contributed by atoms with Crippen LogP contribution in [0.5, 0.6) is 11.5 Å². The molecular weight excluding hydrogens is 510 g/mol. The molecule has 2 aliphatic rings. The maximum absolute atomic E-state index is 13.7. The lowest BCUT2D eigenvalue weighted by atomic mass is 10.1. The SMILES string of the molecule is Cc1cccc(CN2c3ccccc3-c3nc(SCC(=O)c4ccc5c(c4)OCO5)ncc3S2(=O)=O)c1. The molecule has 2 aliphatic heterocycles. The minimum atomic E-state index is -3.90. The van der Waals surface area contributed by atoms with Crippen LogP contribution in [0.3, 0.4) is 0 Å². The molecular formula is C27H21N3O5S2. The van der Waals surface area contributed by atoms with Crippen LogP contribution in [0, 0.1) is 6.92 Å². The standard InChI is InChI=1S/C27H21N3O5S2/c1-17-5-4-6-18(11-17)14-30-21-8-3-2-7-20(21)26-25(37(30,32)33)13-28-27(29-26)36-15-22(31)19-9-10-23-24(12-19)35-16-34-23/h2-13H,14-16H2,1H3. The minimum Gasteiger partial charge on any atom is -0.454 e. The summed E-state index contributed by atoms with van der Waals surface area (Å²) in [7, 11) is -3.90. The van der Waals surface area contributed by atoms with Crippen molar-refractivity contribution in [3.63, 3.8) is 0 Å². The van der Waals surface area contributed by atoms with Crippen molar-refractivity contribution in [2.24, 2.45) is 0 Å². The van der Waals surface area contributed by atoms with Crippen LogP contribution in [0.2, 0.25) is 0 Å². The summed E-state index contributed by atoms with van der Waals surface area (Å²) in [6.07, 6.45) is 1.34. The van der Waals surface area contributed by atoms with E-state index in [1.54, 1.807) is 24.3 Å². The van der Waals surface area contributed by atoms with Crippen molar-refractivity contribution >= 4 is 33.3 Å². The topological polar surface area (TPSA) is 98.7 Å². The van der Waals surface area contributed by atoms with E-state index in [0.717, 1.165) is 22.9 Å². The number of hydrogen-bond acceptors (Lipinski definition) is 8. The molecule has 0 spiro atoms. The number of nitrogens with zero attached hydrogens (tertiary/aromatic N) is 3. The number of thioether (sulfide) groups is 1. The van der Waals surface area contributed by atoms with Gasteiger partial charge in [-0.15, -0.1) is 0 Å². The zero-order chi connectivity index (χ0) is 25.6. The van der Waals surface area contributed by atoms with Crippen molar-refractivity contribution in [2.75, 3.05) is 16.9 Å². The first kappa shape index (κ1) is 23.5. The molecule has 10 heteroatoms. The fourth-order valence-corrected chi connectivity index (χ4v) is 6.65. The van der Waals surface area contributed by atoms with E-state index in [1.807, 2.05) is 49.4 Å². The number of hydrogen-bond donors (Lipinski definition) is 0. The van der Waals surface area contributed by atoms with Crippen LogP contribution in [0.25, 0.3) is 11.3 Å². The van der Waals surface area contributed by atoms with E-state index < -0.39 is 10.0 Å². The molecule has 0 atom stereocenters. The summed E-state index contributed by atoms with van der Waals surface area (Å²) in [4.78, 5) is 21.7. The molecule has 0 fully saturated rings. The molecule has 4 aromatic rings.